The van der Waals surface area contributed by atoms with Crippen LogP contribution in [0.2, 0.25) is 0 Å². The van der Waals surface area contributed by atoms with Crippen molar-refractivity contribution in [3.05, 3.63) is 36.0 Å². The summed E-state index contributed by atoms with van der Waals surface area (Å²) < 4.78 is 1.87. The normalized spacial score (nSPS) is 10.4. The van der Waals surface area contributed by atoms with E-state index in [-0.39, 0.29) is 12.5 Å². The number of benzene rings is 1. The highest BCUT2D eigenvalue weighted by Crippen LogP contribution is 2.19. The summed E-state index contributed by atoms with van der Waals surface area (Å²) in [5.74, 6) is -0.848. The highest BCUT2D eigenvalue weighted by molar-refractivity contribution is 6.07. The predicted molar refractivity (Wildman–Crippen MR) is 64.4 cm³/mol. The van der Waals surface area contributed by atoms with Crippen molar-refractivity contribution < 1.29 is 9.59 Å². The van der Waals surface area contributed by atoms with Crippen molar-refractivity contribution >= 4 is 22.7 Å². The molecule has 0 aliphatic carbocycles. The van der Waals surface area contributed by atoms with Gasteiger partial charge in [0, 0.05) is 24.1 Å². The number of nitrogens with zero attached hydrogens (tertiary/aromatic N) is 1. The molecule has 3 N–H and O–H groups in total. The van der Waals surface area contributed by atoms with E-state index in [9.17, 15) is 9.59 Å². The van der Waals surface area contributed by atoms with Crippen LogP contribution in [0, 0.1) is 0 Å². The molecule has 5 nitrogen and oxygen atoms in total. The van der Waals surface area contributed by atoms with Gasteiger partial charge in [-0.1, -0.05) is 18.2 Å². The second kappa shape index (κ2) is 4.29. The molecule has 17 heavy (non-hydrogen) atoms. The number of para-hydroxylation sites is 1. The van der Waals surface area contributed by atoms with Crippen molar-refractivity contribution in [2.75, 3.05) is 6.54 Å². The molecule has 88 valence electrons. The Kier molecular flexibility index (Phi) is 2.82. The summed E-state index contributed by atoms with van der Waals surface area (Å²) in [6.07, 6.45) is 1.74. The lowest BCUT2D eigenvalue weighted by molar-refractivity contribution is -0.117. The van der Waals surface area contributed by atoms with Gasteiger partial charge in [-0.15, -0.1) is 0 Å². The van der Waals surface area contributed by atoms with Gasteiger partial charge in [-0.25, -0.2) is 0 Å². The molecular formula is C12H13N3O2. The fourth-order valence-corrected chi connectivity index (χ4v) is 1.79. The molecule has 0 aliphatic rings. The molecule has 0 aliphatic heterocycles. The Morgan fingerprint density at radius 3 is 2.76 bits per heavy atom. The van der Waals surface area contributed by atoms with Gasteiger partial charge in [0.15, 0.2) is 0 Å². The van der Waals surface area contributed by atoms with E-state index in [1.54, 1.807) is 6.20 Å². The largest absolute Gasteiger partial charge is 0.368 e. The van der Waals surface area contributed by atoms with Gasteiger partial charge in [0.1, 0.15) is 0 Å². The third kappa shape index (κ3) is 2.13. The number of hydrogen-bond acceptors (Lipinski definition) is 2. The number of carbonyl (C=O) groups is 2. The average molecular weight is 231 g/mol. The number of carbonyl (C=O) groups excluding carboxylic acids is 2. The molecule has 2 aromatic rings. The molecule has 5 heteroatoms. The third-order valence-corrected chi connectivity index (χ3v) is 2.56. The van der Waals surface area contributed by atoms with Gasteiger partial charge in [-0.05, 0) is 6.07 Å². The minimum atomic E-state index is -0.557. The Labute approximate surface area is 98.2 Å². The van der Waals surface area contributed by atoms with Crippen LogP contribution in [0.1, 0.15) is 10.4 Å². The van der Waals surface area contributed by atoms with Gasteiger partial charge < -0.3 is 15.6 Å². The quantitative estimate of drug-likeness (QED) is 0.801. The molecule has 1 aromatic carbocycles. The van der Waals surface area contributed by atoms with Gasteiger partial charge in [0.05, 0.1) is 12.1 Å². The lowest BCUT2D eigenvalue weighted by Gasteiger charge is -2.00. The molecule has 0 bridgehead atoms. The van der Waals surface area contributed by atoms with Crippen LogP contribution in [-0.2, 0) is 11.8 Å². The Bertz CT molecular complexity index is 586. The average Bonchev–Trinajstić information content (AvgIpc) is 2.65. The Balaban J connectivity index is 2.35. The molecule has 2 rings (SSSR count). The molecule has 0 radical (unpaired) electrons. The van der Waals surface area contributed by atoms with Gasteiger partial charge >= 0.3 is 0 Å². The van der Waals surface area contributed by atoms with E-state index in [1.807, 2.05) is 35.9 Å². The Hall–Kier alpha value is -2.30. The molecule has 0 fully saturated rings. The molecular weight excluding hydrogens is 218 g/mol. The van der Waals surface area contributed by atoms with Crippen molar-refractivity contribution in [2.45, 2.75) is 0 Å². The van der Waals surface area contributed by atoms with Gasteiger partial charge in [-0.3, -0.25) is 9.59 Å². The van der Waals surface area contributed by atoms with E-state index in [4.69, 9.17) is 5.73 Å². The van der Waals surface area contributed by atoms with E-state index in [0.717, 1.165) is 10.9 Å². The number of aromatic nitrogens is 1. The summed E-state index contributed by atoms with van der Waals surface area (Å²) in [6.45, 7) is -0.151. The molecule has 2 amide bonds. The monoisotopic (exact) mass is 231 g/mol. The maximum atomic E-state index is 11.8. The SMILES string of the molecule is Cn1cc(C(=O)NCC(N)=O)c2ccccc21. The minimum Gasteiger partial charge on any atom is -0.368 e. The lowest BCUT2D eigenvalue weighted by Crippen LogP contribution is -2.33. The summed E-state index contributed by atoms with van der Waals surface area (Å²) in [5.41, 5.74) is 6.49. The van der Waals surface area contributed by atoms with Gasteiger partial charge in [-0.2, -0.15) is 0 Å². The Morgan fingerprint density at radius 1 is 1.35 bits per heavy atom. The second-order valence-corrected chi connectivity index (χ2v) is 3.82. The van der Waals surface area contributed by atoms with Crippen LogP contribution >= 0.6 is 0 Å². The zero-order valence-electron chi connectivity index (χ0n) is 9.43. The Morgan fingerprint density at radius 2 is 2.06 bits per heavy atom. The minimum absolute atomic E-state index is 0.151. The van der Waals surface area contributed by atoms with Gasteiger partial charge in [0.2, 0.25) is 5.91 Å². The molecule has 0 spiro atoms. The summed E-state index contributed by atoms with van der Waals surface area (Å²) >= 11 is 0. The van der Waals surface area contributed by atoms with E-state index in [1.165, 1.54) is 0 Å². The smallest absolute Gasteiger partial charge is 0.253 e. The zero-order valence-corrected chi connectivity index (χ0v) is 9.43. The van der Waals surface area contributed by atoms with Crippen molar-refractivity contribution in [2.24, 2.45) is 12.8 Å². The van der Waals surface area contributed by atoms with Crippen molar-refractivity contribution in [3.8, 4) is 0 Å². The number of amides is 2. The number of nitrogens with one attached hydrogen (secondary N) is 1. The molecule has 0 saturated carbocycles. The zero-order chi connectivity index (χ0) is 12.4. The van der Waals surface area contributed by atoms with E-state index in [0.29, 0.717) is 5.56 Å². The summed E-state index contributed by atoms with van der Waals surface area (Å²) in [4.78, 5) is 22.5. The fourth-order valence-electron chi connectivity index (χ4n) is 1.79. The maximum absolute atomic E-state index is 11.8. The molecule has 1 heterocycles. The highest BCUT2D eigenvalue weighted by Gasteiger charge is 2.13. The number of primary amides is 1. The summed E-state index contributed by atoms with van der Waals surface area (Å²) in [6, 6.07) is 7.58. The molecule has 0 unspecified atom stereocenters. The van der Waals surface area contributed by atoms with E-state index < -0.39 is 5.91 Å². The molecule has 0 saturated heterocycles. The number of aryl methyl sites for hydroxylation is 1. The predicted octanol–water partition coefficient (Wildman–Crippen LogP) is 0.393. The topological polar surface area (TPSA) is 77.1 Å². The van der Waals surface area contributed by atoms with E-state index in [2.05, 4.69) is 5.32 Å². The lowest BCUT2D eigenvalue weighted by atomic mass is 10.1. The van der Waals surface area contributed by atoms with Crippen molar-refractivity contribution in [1.82, 2.24) is 9.88 Å². The van der Waals surface area contributed by atoms with Crippen molar-refractivity contribution in [3.63, 3.8) is 0 Å². The standard InChI is InChI=1S/C12H13N3O2/c1-15-7-9(12(17)14-6-11(13)16)8-4-2-3-5-10(8)15/h2-5,7H,6H2,1H3,(H2,13,16)(H,14,17). The number of rotatable bonds is 3. The number of nitrogens with two attached hydrogens (primary N) is 1. The van der Waals surface area contributed by atoms with Crippen LogP contribution < -0.4 is 11.1 Å². The number of hydrogen-bond donors (Lipinski definition) is 2. The number of fused-ring (bicyclic) bond motifs is 1. The second-order valence-electron chi connectivity index (χ2n) is 3.82. The summed E-state index contributed by atoms with van der Waals surface area (Å²) in [5, 5.41) is 3.34. The first-order valence-electron chi connectivity index (χ1n) is 5.20. The van der Waals surface area contributed by atoms with Crippen LogP contribution in [0.25, 0.3) is 10.9 Å². The first-order valence-corrected chi connectivity index (χ1v) is 5.20. The molecule has 0 atom stereocenters. The first kappa shape index (κ1) is 11.2. The van der Waals surface area contributed by atoms with Crippen LogP contribution in [-0.4, -0.2) is 22.9 Å². The van der Waals surface area contributed by atoms with E-state index >= 15 is 0 Å². The van der Waals surface area contributed by atoms with Crippen LogP contribution in [0.5, 0.6) is 0 Å². The van der Waals surface area contributed by atoms with Crippen molar-refractivity contribution in [1.29, 1.82) is 0 Å². The van der Waals surface area contributed by atoms with Crippen LogP contribution in [0.4, 0.5) is 0 Å². The molecule has 1 aromatic heterocycles. The van der Waals surface area contributed by atoms with Gasteiger partial charge in [0.25, 0.3) is 5.91 Å². The third-order valence-electron chi connectivity index (χ3n) is 2.56. The summed E-state index contributed by atoms with van der Waals surface area (Å²) in [7, 11) is 1.87. The fraction of sp³-hybridized carbons (Fsp3) is 0.167. The first-order chi connectivity index (χ1) is 8.09. The maximum Gasteiger partial charge on any atom is 0.253 e. The highest BCUT2D eigenvalue weighted by atomic mass is 16.2. The van der Waals surface area contributed by atoms with Crippen LogP contribution in [0.15, 0.2) is 30.5 Å². The van der Waals surface area contributed by atoms with Crippen LogP contribution in [0.3, 0.4) is 0 Å².